The van der Waals surface area contributed by atoms with E-state index >= 15 is 0 Å². The lowest BCUT2D eigenvalue weighted by Gasteiger charge is -2.28. The van der Waals surface area contributed by atoms with Crippen LogP contribution >= 0.6 is 11.6 Å². The molecule has 1 atom stereocenters. The fourth-order valence-electron chi connectivity index (χ4n) is 5.44. The second-order valence-electron chi connectivity index (χ2n) is 10.4. The van der Waals surface area contributed by atoms with E-state index in [9.17, 15) is 10.1 Å². The van der Waals surface area contributed by atoms with E-state index in [0.29, 0.717) is 70.2 Å². The van der Waals surface area contributed by atoms with Gasteiger partial charge in [0.1, 0.15) is 24.0 Å². The highest BCUT2D eigenvalue weighted by atomic mass is 35.5. The number of methoxy groups -OCH3 is 2. The number of aryl methyl sites for hydroxylation is 2. The quantitative estimate of drug-likeness (QED) is 0.207. The zero-order valence-corrected chi connectivity index (χ0v) is 26.3. The number of ether oxygens (including phenoxy) is 5. The second-order valence-corrected chi connectivity index (χ2v) is 10.8. The van der Waals surface area contributed by atoms with Crippen LogP contribution in [0, 0.1) is 18.3 Å². The Kier molecular flexibility index (Phi) is 9.55. The van der Waals surface area contributed by atoms with Crippen molar-refractivity contribution in [3.63, 3.8) is 0 Å². The molecule has 0 saturated carbocycles. The molecule has 0 spiro atoms. The van der Waals surface area contributed by atoms with Gasteiger partial charge >= 0.3 is 0 Å². The molecule has 2 N–H and O–H groups in total. The van der Waals surface area contributed by atoms with Crippen molar-refractivity contribution in [3.8, 4) is 34.8 Å². The van der Waals surface area contributed by atoms with Gasteiger partial charge in [-0.2, -0.15) is 5.26 Å². The van der Waals surface area contributed by atoms with Crippen LogP contribution in [0.4, 0.5) is 0 Å². The molecule has 3 aromatic carbocycles. The first-order valence-electron chi connectivity index (χ1n) is 14.4. The van der Waals surface area contributed by atoms with Gasteiger partial charge in [0.15, 0.2) is 23.0 Å². The highest BCUT2D eigenvalue weighted by molar-refractivity contribution is 6.31. The third kappa shape index (κ3) is 6.42. The minimum absolute atomic E-state index is 0.0473. The lowest BCUT2D eigenvalue weighted by atomic mass is 9.84. The van der Waals surface area contributed by atoms with Crippen molar-refractivity contribution in [2.45, 2.75) is 39.3 Å². The van der Waals surface area contributed by atoms with Crippen LogP contribution in [0.1, 0.15) is 40.8 Å². The zero-order valence-electron chi connectivity index (χ0n) is 25.6. The van der Waals surface area contributed by atoms with Crippen molar-refractivity contribution < 1.29 is 23.7 Å². The lowest BCUT2D eigenvalue weighted by Crippen LogP contribution is -2.33. The molecule has 0 radical (unpaired) electrons. The van der Waals surface area contributed by atoms with E-state index in [1.807, 2.05) is 56.3 Å². The van der Waals surface area contributed by atoms with E-state index < -0.39 is 5.92 Å². The van der Waals surface area contributed by atoms with Gasteiger partial charge in [-0.3, -0.25) is 4.79 Å². The normalized spacial score (nSPS) is 13.8. The van der Waals surface area contributed by atoms with Gasteiger partial charge in [0.2, 0.25) is 5.88 Å². The van der Waals surface area contributed by atoms with Gasteiger partial charge in [-0.15, -0.1) is 0 Å². The average molecular weight is 628 g/mol. The first kappa shape index (κ1) is 31.4. The summed E-state index contributed by atoms with van der Waals surface area (Å²) >= 11 is 6.32. The van der Waals surface area contributed by atoms with Gasteiger partial charge in [0, 0.05) is 28.9 Å². The SMILES string of the molecule is CCOc1cc(C2C(C#N)=C(N)Oc3cc(C)n(CCc4ccc(OC)c(OC)c4)c(=O)c32)ccc1OCc1ccccc1Cl. The van der Waals surface area contributed by atoms with Crippen LogP contribution in [-0.2, 0) is 19.6 Å². The highest BCUT2D eigenvalue weighted by Gasteiger charge is 2.35. The Bertz CT molecular complexity index is 1860. The summed E-state index contributed by atoms with van der Waals surface area (Å²) in [4.78, 5) is 14.2. The van der Waals surface area contributed by atoms with Crippen LogP contribution in [0.15, 0.2) is 83.0 Å². The van der Waals surface area contributed by atoms with Crippen LogP contribution in [0.5, 0.6) is 28.7 Å². The summed E-state index contributed by atoms with van der Waals surface area (Å²) in [6.07, 6.45) is 0.556. The molecule has 1 aromatic heterocycles. The molecule has 45 heavy (non-hydrogen) atoms. The predicted octanol–water partition coefficient (Wildman–Crippen LogP) is 6.27. The lowest BCUT2D eigenvalue weighted by molar-refractivity contribution is 0.269. The minimum atomic E-state index is -0.781. The molecule has 1 unspecified atom stereocenters. The largest absolute Gasteiger partial charge is 0.493 e. The molecule has 5 rings (SSSR count). The molecule has 10 heteroatoms. The molecule has 4 aromatic rings. The maximum Gasteiger partial charge on any atom is 0.258 e. The first-order valence-corrected chi connectivity index (χ1v) is 14.8. The number of nitrogens with two attached hydrogens (primary N) is 1. The monoisotopic (exact) mass is 627 g/mol. The summed E-state index contributed by atoms with van der Waals surface area (Å²) in [6.45, 7) is 4.71. The van der Waals surface area contributed by atoms with Crippen molar-refractivity contribution in [1.29, 1.82) is 5.26 Å². The Morgan fingerprint density at radius 3 is 2.44 bits per heavy atom. The van der Waals surface area contributed by atoms with E-state index in [4.69, 9.17) is 41.0 Å². The minimum Gasteiger partial charge on any atom is -0.493 e. The number of halogens is 1. The Morgan fingerprint density at radius 1 is 0.978 bits per heavy atom. The van der Waals surface area contributed by atoms with Crippen molar-refractivity contribution in [2.24, 2.45) is 5.73 Å². The van der Waals surface area contributed by atoms with Crippen LogP contribution in [-0.4, -0.2) is 25.4 Å². The maximum absolute atomic E-state index is 14.2. The van der Waals surface area contributed by atoms with Gasteiger partial charge in [0.05, 0.1) is 32.3 Å². The van der Waals surface area contributed by atoms with Gasteiger partial charge in [0.25, 0.3) is 5.56 Å². The van der Waals surface area contributed by atoms with Gasteiger partial charge < -0.3 is 34.0 Å². The summed E-state index contributed by atoms with van der Waals surface area (Å²) in [5, 5.41) is 10.8. The maximum atomic E-state index is 14.2. The summed E-state index contributed by atoms with van der Waals surface area (Å²) < 4.78 is 30.4. The summed E-state index contributed by atoms with van der Waals surface area (Å²) in [5.74, 6) is 1.69. The molecule has 0 aliphatic carbocycles. The number of pyridine rings is 1. The molecule has 0 saturated heterocycles. The molecule has 0 fully saturated rings. The number of nitriles is 1. The fourth-order valence-corrected chi connectivity index (χ4v) is 5.63. The third-order valence-electron chi connectivity index (χ3n) is 7.70. The number of benzene rings is 3. The third-order valence-corrected chi connectivity index (χ3v) is 8.07. The summed E-state index contributed by atoms with van der Waals surface area (Å²) in [6, 6.07) is 22.4. The summed E-state index contributed by atoms with van der Waals surface area (Å²) in [7, 11) is 3.17. The molecule has 0 amide bonds. The number of aromatic nitrogens is 1. The molecule has 0 bridgehead atoms. The van der Waals surface area contributed by atoms with Crippen LogP contribution in [0.25, 0.3) is 0 Å². The van der Waals surface area contributed by atoms with Crippen molar-refractivity contribution in [1.82, 2.24) is 4.57 Å². The fraction of sp³-hybridized carbons (Fsp3) is 0.257. The highest BCUT2D eigenvalue weighted by Crippen LogP contribution is 2.43. The molecular formula is C35H34ClN3O6. The van der Waals surface area contributed by atoms with Crippen molar-refractivity contribution >= 4 is 11.6 Å². The molecule has 1 aliphatic rings. The second kappa shape index (κ2) is 13.7. The molecule has 9 nitrogen and oxygen atoms in total. The van der Waals surface area contributed by atoms with Crippen LogP contribution < -0.4 is 35.0 Å². The van der Waals surface area contributed by atoms with Gasteiger partial charge in [-0.25, -0.2) is 0 Å². The molecular weight excluding hydrogens is 594 g/mol. The van der Waals surface area contributed by atoms with Crippen molar-refractivity contribution in [2.75, 3.05) is 20.8 Å². The first-order chi connectivity index (χ1) is 21.8. The van der Waals surface area contributed by atoms with E-state index in [-0.39, 0.29) is 23.6 Å². The number of fused-ring (bicyclic) bond motifs is 1. The molecule has 2 heterocycles. The number of nitrogens with zero attached hydrogens (tertiary/aromatic N) is 2. The van der Waals surface area contributed by atoms with E-state index in [2.05, 4.69) is 6.07 Å². The molecule has 232 valence electrons. The Morgan fingerprint density at radius 2 is 1.73 bits per heavy atom. The van der Waals surface area contributed by atoms with E-state index in [0.717, 1.165) is 11.1 Å². The summed E-state index contributed by atoms with van der Waals surface area (Å²) in [5.41, 5.74) is 9.58. The van der Waals surface area contributed by atoms with Crippen LogP contribution in [0.2, 0.25) is 5.02 Å². The molecule has 1 aliphatic heterocycles. The van der Waals surface area contributed by atoms with Crippen LogP contribution in [0.3, 0.4) is 0 Å². The zero-order chi connectivity index (χ0) is 32.1. The topological polar surface area (TPSA) is 118 Å². The number of allylic oxidation sites excluding steroid dienone is 1. The van der Waals surface area contributed by atoms with E-state index in [1.54, 1.807) is 43.1 Å². The Labute approximate surface area is 266 Å². The number of hydrogen-bond donors (Lipinski definition) is 1. The van der Waals surface area contributed by atoms with E-state index in [1.165, 1.54) is 0 Å². The number of rotatable bonds is 11. The smallest absolute Gasteiger partial charge is 0.258 e. The predicted molar refractivity (Wildman–Crippen MR) is 171 cm³/mol. The standard InChI is InChI=1S/C35H34ClN3O6/c1-5-43-30-18-23(11-13-28(30)44-20-24-8-6-7-9-26(24)36)32-25(19-37)34(38)45-31-16-21(2)39(35(40)33(31)32)15-14-22-10-12-27(41-3)29(17-22)42-4/h6-13,16-18,32H,5,14-15,20,38H2,1-4H3. The average Bonchev–Trinajstić information content (AvgIpc) is 3.04. The Hall–Kier alpha value is -5.07. The Balaban J connectivity index is 1.52. The number of hydrogen-bond acceptors (Lipinski definition) is 8. The van der Waals surface area contributed by atoms with Crippen molar-refractivity contribution in [3.05, 3.63) is 122 Å². The van der Waals surface area contributed by atoms with Gasteiger partial charge in [-0.1, -0.05) is 41.9 Å². The van der Waals surface area contributed by atoms with Gasteiger partial charge in [-0.05, 0) is 61.7 Å².